The molecule has 0 heterocycles. The maximum Gasteiger partial charge on any atom is 0.295 e. The van der Waals surface area contributed by atoms with Crippen LogP contribution in [0.1, 0.15) is 45.4 Å². The van der Waals surface area contributed by atoms with Crippen LogP contribution in [0.3, 0.4) is 0 Å². The van der Waals surface area contributed by atoms with Crippen molar-refractivity contribution >= 4 is 29.5 Å². The number of Topliss-reactive ketones (excluding diaryl/α,β-unsaturated/α-hetero) is 1. The van der Waals surface area contributed by atoms with Gasteiger partial charge in [0.05, 0.1) is 4.99 Å². The van der Waals surface area contributed by atoms with Crippen LogP contribution in [0.25, 0.3) is 0 Å². The molecule has 0 aromatic carbocycles. The molecule has 1 aliphatic rings. The Hall–Kier alpha value is -0.970. The van der Waals surface area contributed by atoms with Gasteiger partial charge in [-0.3, -0.25) is 4.79 Å². The van der Waals surface area contributed by atoms with Crippen LogP contribution in [0.2, 0.25) is 0 Å². The van der Waals surface area contributed by atoms with Crippen molar-refractivity contribution < 1.29 is 14.3 Å². The molecular weight excluding hydrogens is 226 g/mol. The SMILES string of the molecule is CC(=O)CCC(=S)NC1(OC=O)CCCC1. The minimum atomic E-state index is -0.615. The van der Waals surface area contributed by atoms with E-state index < -0.39 is 5.72 Å². The van der Waals surface area contributed by atoms with Crippen molar-refractivity contribution in [1.29, 1.82) is 0 Å². The summed E-state index contributed by atoms with van der Waals surface area (Å²) in [6, 6.07) is 0. The van der Waals surface area contributed by atoms with E-state index in [1.54, 1.807) is 0 Å². The lowest BCUT2D eigenvalue weighted by molar-refractivity contribution is -0.144. The molecule has 90 valence electrons. The number of carbonyl (C=O) groups is 2. The smallest absolute Gasteiger partial charge is 0.295 e. The molecule has 0 amide bonds. The van der Waals surface area contributed by atoms with Gasteiger partial charge in [-0.05, 0) is 19.8 Å². The first-order chi connectivity index (χ1) is 7.58. The Morgan fingerprint density at radius 1 is 1.44 bits per heavy atom. The normalized spacial score (nSPS) is 17.8. The van der Waals surface area contributed by atoms with Gasteiger partial charge in [-0.1, -0.05) is 12.2 Å². The van der Waals surface area contributed by atoms with Gasteiger partial charge in [0.25, 0.3) is 6.47 Å². The zero-order valence-electron chi connectivity index (χ0n) is 9.45. The number of hydrogen-bond donors (Lipinski definition) is 1. The fourth-order valence-electron chi connectivity index (χ4n) is 1.92. The van der Waals surface area contributed by atoms with Crippen molar-refractivity contribution in [2.75, 3.05) is 0 Å². The van der Waals surface area contributed by atoms with Crippen molar-refractivity contribution in [2.24, 2.45) is 0 Å². The van der Waals surface area contributed by atoms with Gasteiger partial charge in [0.15, 0.2) is 5.72 Å². The number of nitrogens with one attached hydrogen (secondary N) is 1. The summed E-state index contributed by atoms with van der Waals surface area (Å²) in [5.41, 5.74) is -0.615. The molecular formula is C11H17NO3S. The van der Waals surface area contributed by atoms with Crippen LogP contribution in [-0.2, 0) is 14.3 Å². The highest BCUT2D eigenvalue weighted by Crippen LogP contribution is 2.30. The summed E-state index contributed by atoms with van der Waals surface area (Å²) in [4.78, 5) is 21.9. The molecule has 0 spiro atoms. The van der Waals surface area contributed by atoms with Crippen molar-refractivity contribution in [3.05, 3.63) is 0 Å². The average Bonchev–Trinajstić information content (AvgIpc) is 2.64. The van der Waals surface area contributed by atoms with E-state index in [-0.39, 0.29) is 5.78 Å². The molecule has 0 radical (unpaired) electrons. The summed E-state index contributed by atoms with van der Waals surface area (Å²) in [5, 5.41) is 3.07. The van der Waals surface area contributed by atoms with Gasteiger partial charge < -0.3 is 14.8 Å². The molecule has 4 nitrogen and oxygen atoms in total. The summed E-state index contributed by atoms with van der Waals surface area (Å²) in [6.45, 7) is 2.00. The van der Waals surface area contributed by atoms with Crippen LogP contribution in [0.4, 0.5) is 0 Å². The molecule has 0 unspecified atom stereocenters. The van der Waals surface area contributed by atoms with Crippen molar-refractivity contribution in [3.8, 4) is 0 Å². The fourth-order valence-corrected chi connectivity index (χ4v) is 2.20. The van der Waals surface area contributed by atoms with E-state index in [0.29, 0.717) is 24.3 Å². The molecule has 1 fully saturated rings. The average molecular weight is 243 g/mol. The van der Waals surface area contributed by atoms with E-state index in [9.17, 15) is 9.59 Å². The van der Waals surface area contributed by atoms with E-state index in [1.807, 2.05) is 0 Å². The standard InChI is InChI=1S/C11H17NO3S/c1-9(14)4-5-10(16)12-11(15-8-13)6-2-3-7-11/h8H,2-7H2,1H3,(H,12,16). The van der Waals surface area contributed by atoms with Crippen LogP contribution in [0, 0.1) is 0 Å². The Morgan fingerprint density at radius 2 is 2.06 bits per heavy atom. The zero-order chi connectivity index (χ0) is 12.0. The number of ketones is 1. The summed E-state index contributed by atoms with van der Waals surface area (Å²) < 4.78 is 5.10. The fraction of sp³-hybridized carbons (Fsp3) is 0.727. The number of thiocarbonyl (C=S) groups is 1. The maximum absolute atomic E-state index is 10.8. The van der Waals surface area contributed by atoms with Crippen LogP contribution in [0.5, 0.6) is 0 Å². The first-order valence-electron chi connectivity index (χ1n) is 5.50. The number of carbonyl (C=O) groups excluding carboxylic acids is 2. The third-order valence-electron chi connectivity index (χ3n) is 2.76. The highest BCUT2D eigenvalue weighted by atomic mass is 32.1. The Bertz CT molecular complexity index is 285. The third kappa shape index (κ3) is 3.89. The van der Waals surface area contributed by atoms with Crippen molar-refractivity contribution in [2.45, 2.75) is 51.2 Å². The molecule has 16 heavy (non-hydrogen) atoms. The Kier molecular flexibility index (Phi) is 4.86. The topological polar surface area (TPSA) is 55.4 Å². The Morgan fingerprint density at radius 3 is 2.56 bits per heavy atom. The van der Waals surface area contributed by atoms with Crippen LogP contribution in [0.15, 0.2) is 0 Å². The highest BCUT2D eigenvalue weighted by Gasteiger charge is 2.36. The maximum atomic E-state index is 10.8. The number of hydrogen-bond acceptors (Lipinski definition) is 4. The predicted octanol–water partition coefficient (Wildman–Crippen LogP) is 1.72. The van der Waals surface area contributed by atoms with E-state index in [0.717, 1.165) is 25.7 Å². The predicted molar refractivity (Wildman–Crippen MR) is 64.0 cm³/mol. The summed E-state index contributed by atoms with van der Waals surface area (Å²) in [7, 11) is 0. The largest absolute Gasteiger partial charge is 0.441 e. The van der Waals surface area contributed by atoms with Gasteiger partial charge in [-0.25, -0.2) is 0 Å². The number of rotatable bonds is 6. The van der Waals surface area contributed by atoms with Crippen LogP contribution < -0.4 is 5.32 Å². The van der Waals surface area contributed by atoms with Crippen LogP contribution in [-0.4, -0.2) is 23.0 Å². The Labute approximate surface area is 101 Å². The molecule has 1 rings (SSSR count). The molecule has 0 aliphatic heterocycles. The zero-order valence-corrected chi connectivity index (χ0v) is 10.3. The second kappa shape index (κ2) is 5.94. The molecule has 0 saturated heterocycles. The highest BCUT2D eigenvalue weighted by molar-refractivity contribution is 7.80. The van der Waals surface area contributed by atoms with Gasteiger partial charge in [-0.15, -0.1) is 0 Å². The van der Waals surface area contributed by atoms with Crippen molar-refractivity contribution in [3.63, 3.8) is 0 Å². The quantitative estimate of drug-likeness (QED) is 0.437. The van der Waals surface area contributed by atoms with E-state index in [4.69, 9.17) is 17.0 Å². The summed E-state index contributed by atoms with van der Waals surface area (Å²) >= 11 is 5.14. The van der Waals surface area contributed by atoms with Crippen LogP contribution >= 0.6 is 12.2 Å². The molecule has 1 aliphatic carbocycles. The lowest BCUT2D eigenvalue weighted by Gasteiger charge is -2.29. The van der Waals surface area contributed by atoms with E-state index in [2.05, 4.69) is 5.32 Å². The summed E-state index contributed by atoms with van der Waals surface area (Å²) in [5.74, 6) is 0.112. The van der Waals surface area contributed by atoms with Crippen molar-refractivity contribution in [1.82, 2.24) is 5.32 Å². The van der Waals surface area contributed by atoms with Gasteiger partial charge >= 0.3 is 0 Å². The van der Waals surface area contributed by atoms with Gasteiger partial charge in [0, 0.05) is 25.7 Å². The number of ether oxygens (including phenoxy) is 1. The lowest BCUT2D eigenvalue weighted by Crippen LogP contribution is -2.47. The first-order valence-corrected chi connectivity index (χ1v) is 5.91. The monoisotopic (exact) mass is 243 g/mol. The molecule has 0 bridgehead atoms. The second-order valence-corrected chi connectivity index (χ2v) is 4.66. The van der Waals surface area contributed by atoms with Gasteiger partial charge in [0.2, 0.25) is 0 Å². The first kappa shape index (κ1) is 13.1. The minimum Gasteiger partial charge on any atom is -0.441 e. The van der Waals surface area contributed by atoms with Gasteiger partial charge in [0.1, 0.15) is 5.78 Å². The Balaban J connectivity index is 2.45. The lowest BCUT2D eigenvalue weighted by atomic mass is 10.1. The molecule has 5 heteroatoms. The molecule has 1 N–H and O–H groups in total. The second-order valence-electron chi connectivity index (χ2n) is 4.17. The third-order valence-corrected chi connectivity index (χ3v) is 3.06. The van der Waals surface area contributed by atoms with Gasteiger partial charge in [-0.2, -0.15) is 0 Å². The van der Waals surface area contributed by atoms with E-state index >= 15 is 0 Å². The molecule has 0 aromatic rings. The van der Waals surface area contributed by atoms with E-state index in [1.165, 1.54) is 6.92 Å². The minimum absolute atomic E-state index is 0.112. The molecule has 0 aromatic heterocycles. The molecule has 1 saturated carbocycles. The summed E-state index contributed by atoms with van der Waals surface area (Å²) in [6.07, 6.45) is 4.57. The molecule has 0 atom stereocenters.